The number of hydrogen-bond acceptors (Lipinski definition) is 6. The molecule has 0 atom stereocenters. The molecule has 0 bridgehead atoms. The molecule has 1 aliphatic heterocycles. The number of amides is 3. The lowest BCUT2D eigenvalue weighted by Crippen LogP contribution is -2.35. The summed E-state index contributed by atoms with van der Waals surface area (Å²) in [5.74, 6) is -1.72. The lowest BCUT2D eigenvalue weighted by molar-refractivity contribution is -0.157. The number of allylic oxidation sites excluding steroid dienone is 1. The normalized spacial score (nSPS) is 14.6. The Morgan fingerprint density at radius 3 is 1.97 bits per heavy atom. The number of anilines is 3. The number of para-hydroxylation sites is 1. The molecule has 3 amide bonds. The van der Waals surface area contributed by atoms with Gasteiger partial charge in [0.25, 0.3) is 5.91 Å². The van der Waals surface area contributed by atoms with E-state index < -0.39 is 34.7 Å². The van der Waals surface area contributed by atoms with Gasteiger partial charge in [-0.25, -0.2) is 9.59 Å². The summed E-state index contributed by atoms with van der Waals surface area (Å²) in [4.78, 5) is 56.4. The van der Waals surface area contributed by atoms with E-state index >= 15 is 0 Å². The van der Waals surface area contributed by atoms with Crippen LogP contribution < -0.4 is 15.7 Å². The van der Waals surface area contributed by atoms with Gasteiger partial charge in [0.1, 0.15) is 5.76 Å². The zero-order valence-corrected chi connectivity index (χ0v) is 21.5. The van der Waals surface area contributed by atoms with Crippen LogP contribution >= 0.6 is 0 Å². The second-order valence-corrected chi connectivity index (χ2v) is 10.5. The van der Waals surface area contributed by atoms with Crippen LogP contribution in [0.5, 0.6) is 0 Å². The fraction of sp³-hybridized carbons (Fsp3) is 0.333. The number of urea groups is 1. The van der Waals surface area contributed by atoms with Crippen molar-refractivity contribution in [1.29, 1.82) is 0 Å². The van der Waals surface area contributed by atoms with Gasteiger partial charge in [-0.1, -0.05) is 18.2 Å². The highest BCUT2D eigenvalue weighted by atomic mass is 16.7. The maximum absolute atomic E-state index is 13.4. The molecule has 0 saturated carbocycles. The molecule has 0 aromatic heterocycles. The summed E-state index contributed by atoms with van der Waals surface area (Å²) in [6, 6.07) is 13.1. The second-order valence-electron chi connectivity index (χ2n) is 10.5. The van der Waals surface area contributed by atoms with Gasteiger partial charge in [-0.3, -0.25) is 9.59 Å². The van der Waals surface area contributed by atoms with Crippen LogP contribution in [0.25, 0.3) is 5.57 Å². The third-order valence-electron chi connectivity index (χ3n) is 5.17. The summed E-state index contributed by atoms with van der Waals surface area (Å²) < 4.78 is 5.48. The van der Waals surface area contributed by atoms with E-state index in [9.17, 15) is 19.2 Å². The fourth-order valence-corrected chi connectivity index (χ4v) is 3.12. The molecular weight excluding hydrogens is 462 g/mol. The van der Waals surface area contributed by atoms with Crippen molar-refractivity contribution in [3.63, 3.8) is 0 Å². The molecule has 0 spiro atoms. The van der Waals surface area contributed by atoms with E-state index in [2.05, 4.69) is 10.6 Å². The quantitative estimate of drug-likeness (QED) is 0.330. The Morgan fingerprint density at radius 2 is 1.39 bits per heavy atom. The number of hydrogen-bond donors (Lipinski definition) is 2. The van der Waals surface area contributed by atoms with Crippen molar-refractivity contribution < 1.29 is 28.8 Å². The van der Waals surface area contributed by atoms with E-state index in [1.165, 1.54) is 13.0 Å². The minimum atomic E-state index is -0.883. The molecule has 9 nitrogen and oxygen atoms in total. The molecule has 1 aliphatic rings. The maximum Gasteiger partial charge on any atom is 0.338 e. The van der Waals surface area contributed by atoms with Crippen LogP contribution in [0.2, 0.25) is 0 Å². The van der Waals surface area contributed by atoms with Crippen molar-refractivity contribution in [2.75, 3.05) is 15.7 Å². The fourth-order valence-electron chi connectivity index (χ4n) is 3.12. The monoisotopic (exact) mass is 493 g/mol. The number of carbonyl (C=O) groups is 4. The topological polar surface area (TPSA) is 114 Å². The predicted octanol–water partition coefficient (Wildman–Crippen LogP) is 5.50. The van der Waals surface area contributed by atoms with E-state index in [0.29, 0.717) is 16.9 Å². The molecule has 0 saturated heterocycles. The van der Waals surface area contributed by atoms with Gasteiger partial charge in [-0.15, -0.1) is 5.06 Å². The molecule has 2 aromatic carbocycles. The van der Waals surface area contributed by atoms with Gasteiger partial charge in [0.05, 0.1) is 22.1 Å². The number of rotatable bonds is 4. The third kappa shape index (κ3) is 5.91. The van der Waals surface area contributed by atoms with Crippen LogP contribution in [0, 0.1) is 10.8 Å². The largest absolute Gasteiger partial charge is 0.430 e. The van der Waals surface area contributed by atoms with E-state index in [1.54, 1.807) is 77.9 Å². The Labute approximate surface area is 210 Å². The molecule has 2 aromatic rings. The molecular formula is C27H31N3O6. The second kappa shape index (κ2) is 9.85. The standard InChI is InChI=1S/C27H31N3O6/c1-16(35-23(32)26(2,3)4)21-19-14-13-18(29-25(34)28-17-11-9-8-10-12-17)15-20(19)30(22(21)31)36-24(33)27(5,6)7/h8-15H,1-7H3,(H2,28,29,34)/b21-16-. The molecule has 2 N–H and O–H groups in total. The molecule has 9 heteroatoms. The summed E-state index contributed by atoms with van der Waals surface area (Å²) in [7, 11) is 0. The molecule has 190 valence electrons. The van der Waals surface area contributed by atoms with Gasteiger partial charge in [0.2, 0.25) is 0 Å². The minimum absolute atomic E-state index is 0.0815. The SMILES string of the molecule is C/C(OC(=O)C(C)(C)C)=C1/C(=O)N(OC(=O)C(C)(C)C)c2cc(NC(=O)Nc3ccccc3)ccc21. The van der Waals surface area contributed by atoms with Crippen molar-refractivity contribution in [3.05, 3.63) is 59.9 Å². The third-order valence-corrected chi connectivity index (χ3v) is 5.17. The summed E-state index contributed by atoms with van der Waals surface area (Å²) in [6.07, 6.45) is 0. The van der Waals surface area contributed by atoms with Crippen molar-refractivity contribution in [2.45, 2.75) is 48.5 Å². The van der Waals surface area contributed by atoms with Crippen LogP contribution in [-0.4, -0.2) is 23.9 Å². The van der Waals surface area contributed by atoms with Gasteiger partial charge >= 0.3 is 18.0 Å². The lowest BCUT2D eigenvalue weighted by atomic mass is 9.97. The minimum Gasteiger partial charge on any atom is -0.430 e. The van der Waals surface area contributed by atoms with E-state index in [1.807, 2.05) is 6.07 Å². The molecule has 0 aliphatic carbocycles. The van der Waals surface area contributed by atoms with Gasteiger partial charge in [-0.05, 0) is 78.8 Å². The Bertz CT molecular complexity index is 1240. The summed E-state index contributed by atoms with van der Waals surface area (Å²) in [6.45, 7) is 11.6. The van der Waals surface area contributed by atoms with Gasteiger partial charge in [0, 0.05) is 16.9 Å². The first-order valence-electron chi connectivity index (χ1n) is 11.5. The Balaban J connectivity index is 1.97. The molecule has 1 heterocycles. The van der Waals surface area contributed by atoms with Gasteiger partial charge < -0.3 is 20.2 Å². The Morgan fingerprint density at radius 1 is 0.806 bits per heavy atom. The van der Waals surface area contributed by atoms with Crippen LogP contribution in [0.3, 0.4) is 0 Å². The number of fused-ring (bicyclic) bond motifs is 1. The Kier molecular flexibility index (Phi) is 7.24. The number of carbonyl (C=O) groups excluding carboxylic acids is 4. The van der Waals surface area contributed by atoms with E-state index in [-0.39, 0.29) is 17.0 Å². The maximum atomic E-state index is 13.4. The summed E-state index contributed by atoms with van der Waals surface area (Å²) in [5.41, 5.74) is 0.0122. The van der Waals surface area contributed by atoms with E-state index in [0.717, 1.165) is 5.06 Å². The predicted molar refractivity (Wildman–Crippen MR) is 137 cm³/mol. The molecule has 3 rings (SSSR count). The first-order chi connectivity index (χ1) is 16.7. The molecule has 0 fully saturated rings. The highest BCUT2D eigenvalue weighted by molar-refractivity contribution is 6.32. The zero-order valence-electron chi connectivity index (χ0n) is 21.5. The molecule has 0 radical (unpaired) electrons. The zero-order chi connectivity index (χ0) is 26.8. The number of hydroxylamine groups is 1. The van der Waals surface area contributed by atoms with Crippen molar-refractivity contribution in [3.8, 4) is 0 Å². The van der Waals surface area contributed by atoms with Crippen molar-refractivity contribution in [1.82, 2.24) is 0 Å². The van der Waals surface area contributed by atoms with Gasteiger partial charge in [-0.2, -0.15) is 0 Å². The number of nitrogens with zero attached hydrogens (tertiary/aromatic N) is 1. The van der Waals surface area contributed by atoms with Crippen molar-refractivity contribution in [2.24, 2.45) is 10.8 Å². The summed E-state index contributed by atoms with van der Waals surface area (Å²) in [5, 5.41) is 6.28. The first kappa shape index (κ1) is 26.5. The van der Waals surface area contributed by atoms with Crippen LogP contribution in [0.1, 0.15) is 54.0 Å². The van der Waals surface area contributed by atoms with Gasteiger partial charge in [0.15, 0.2) is 0 Å². The number of benzene rings is 2. The average molecular weight is 494 g/mol. The van der Waals surface area contributed by atoms with E-state index in [4.69, 9.17) is 9.57 Å². The number of esters is 1. The van der Waals surface area contributed by atoms with Crippen LogP contribution in [-0.2, 0) is 24.0 Å². The van der Waals surface area contributed by atoms with Crippen molar-refractivity contribution >= 4 is 46.5 Å². The first-order valence-corrected chi connectivity index (χ1v) is 11.5. The Hall–Kier alpha value is -4.14. The molecule has 36 heavy (non-hydrogen) atoms. The highest BCUT2D eigenvalue weighted by Gasteiger charge is 2.40. The van der Waals surface area contributed by atoms with Crippen LogP contribution in [0.15, 0.2) is 54.3 Å². The number of ether oxygens (including phenoxy) is 1. The van der Waals surface area contributed by atoms with Crippen LogP contribution in [0.4, 0.5) is 21.9 Å². The summed E-state index contributed by atoms with van der Waals surface area (Å²) >= 11 is 0. The highest BCUT2D eigenvalue weighted by Crippen LogP contribution is 2.41. The number of nitrogens with one attached hydrogen (secondary N) is 2. The molecule has 0 unspecified atom stereocenters. The average Bonchev–Trinajstić information content (AvgIpc) is 3.04. The lowest BCUT2D eigenvalue weighted by Gasteiger charge is -2.22. The smallest absolute Gasteiger partial charge is 0.338 e.